The van der Waals surface area contributed by atoms with Gasteiger partial charge < -0.3 is 11.1 Å². The van der Waals surface area contributed by atoms with E-state index in [9.17, 15) is 9.59 Å². The van der Waals surface area contributed by atoms with E-state index < -0.39 is 6.03 Å². The van der Waals surface area contributed by atoms with Crippen LogP contribution in [0.2, 0.25) is 0 Å². The van der Waals surface area contributed by atoms with Crippen LogP contribution in [0.15, 0.2) is 0 Å². The minimum absolute atomic E-state index is 0.139. The Balaban J connectivity index is 2.38. The molecule has 1 aliphatic rings. The van der Waals surface area contributed by atoms with E-state index in [-0.39, 0.29) is 18.0 Å². The number of rotatable bonds is 3. The number of carbonyl (C=O) groups excluding carboxylic acids is 2. The molecule has 1 heterocycles. The highest BCUT2D eigenvalue weighted by molar-refractivity contribution is 5.96. The van der Waals surface area contributed by atoms with Gasteiger partial charge in [0.05, 0.1) is 6.04 Å². The molecule has 6 nitrogen and oxygen atoms in total. The van der Waals surface area contributed by atoms with Gasteiger partial charge in [-0.2, -0.15) is 0 Å². The summed E-state index contributed by atoms with van der Waals surface area (Å²) in [7, 11) is 0. The minimum Gasteiger partial charge on any atom is -0.338 e. The van der Waals surface area contributed by atoms with E-state index in [4.69, 9.17) is 5.73 Å². The number of hydrogen-bond acceptors (Lipinski definition) is 4. The quantitative estimate of drug-likeness (QED) is 0.593. The summed E-state index contributed by atoms with van der Waals surface area (Å²) >= 11 is 0. The van der Waals surface area contributed by atoms with E-state index in [1.807, 2.05) is 4.90 Å². The fourth-order valence-corrected chi connectivity index (χ4v) is 1.75. The van der Waals surface area contributed by atoms with Gasteiger partial charge in [0.15, 0.2) is 0 Å². The van der Waals surface area contributed by atoms with E-state index in [0.717, 1.165) is 13.0 Å². The first-order chi connectivity index (χ1) is 7.54. The lowest BCUT2D eigenvalue weighted by molar-refractivity contribution is -0.124. The first kappa shape index (κ1) is 12.9. The molecular weight excluding hydrogens is 208 g/mol. The Hall–Kier alpha value is -1.14. The molecule has 0 aromatic carbocycles. The summed E-state index contributed by atoms with van der Waals surface area (Å²) < 4.78 is 0. The van der Waals surface area contributed by atoms with Crippen molar-refractivity contribution in [3.05, 3.63) is 0 Å². The number of carbonyl (C=O) groups is 2. The van der Waals surface area contributed by atoms with Crippen molar-refractivity contribution in [2.45, 2.75) is 32.4 Å². The molecule has 16 heavy (non-hydrogen) atoms. The number of hydrogen-bond donors (Lipinski definition) is 3. The fraction of sp³-hybridized carbons (Fsp3) is 0.800. The predicted molar refractivity (Wildman–Crippen MR) is 60.8 cm³/mol. The lowest BCUT2D eigenvalue weighted by Gasteiger charge is -2.22. The highest BCUT2D eigenvalue weighted by atomic mass is 16.2. The van der Waals surface area contributed by atoms with Crippen LogP contribution in [-0.4, -0.2) is 48.6 Å². The summed E-state index contributed by atoms with van der Waals surface area (Å²) in [5, 5.41) is 4.82. The van der Waals surface area contributed by atoms with Crippen molar-refractivity contribution in [3.63, 3.8) is 0 Å². The van der Waals surface area contributed by atoms with Crippen LogP contribution in [-0.2, 0) is 4.79 Å². The largest absolute Gasteiger partial charge is 0.338 e. The molecule has 0 radical (unpaired) electrons. The Bertz CT molecular complexity index is 270. The number of likely N-dealkylation sites (tertiary alicyclic amines) is 1. The van der Waals surface area contributed by atoms with E-state index in [1.165, 1.54) is 0 Å². The number of urea groups is 1. The van der Waals surface area contributed by atoms with Crippen molar-refractivity contribution in [1.29, 1.82) is 0 Å². The molecule has 0 spiro atoms. The van der Waals surface area contributed by atoms with Crippen molar-refractivity contribution in [2.75, 3.05) is 19.6 Å². The number of nitrogens with zero attached hydrogens (tertiary/aromatic N) is 1. The molecule has 1 saturated heterocycles. The monoisotopic (exact) mass is 228 g/mol. The molecular formula is C10H20N4O2. The normalized spacial score (nSPS) is 22.8. The molecule has 2 atom stereocenters. The Labute approximate surface area is 95.5 Å². The number of nitrogens with two attached hydrogens (primary N) is 1. The predicted octanol–water partition coefficient (Wildman–Crippen LogP) is -0.746. The minimum atomic E-state index is -0.442. The van der Waals surface area contributed by atoms with Crippen molar-refractivity contribution in [3.8, 4) is 0 Å². The van der Waals surface area contributed by atoms with Crippen LogP contribution in [0, 0.1) is 0 Å². The SMILES string of the molecule is CCNC(=O)NC(=O)C(C)N1CC[C@H](N)C1. The van der Waals surface area contributed by atoms with Gasteiger partial charge in [0.1, 0.15) is 0 Å². The van der Waals surface area contributed by atoms with Crippen molar-refractivity contribution in [2.24, 2.45) is 5.73 Å². The standard InChI is InChI=1S/C10H20N4O2/c1-3-12-10(16)13-9(15)7(2)14-5-4-8(11)6-14/h7-8H,3-6,11H2,1-2H3,(H2,12,13,15,16)/t7?,8-/m0/s1. The second-order valence-electron chi connectivity index (χ2n) is 4.07. The highest BCUT2D eigenvalue weighted by Crippen LogP contribution is 2.10. The van der Waals surface area contributed by atoms with Gasteiger partial charge in [-0.15, -0.1) is 0 Å². The molecule has 6 heteroatoms. The van der Waals surface area contributed by atoms with Gasteiger partial charge in [-0.3, -0.25) is 15.0 Å². The van der Waals surface area contributed by atoms with Crippen LogP contribution in [0.4, 0.5) is 4.79 Å². The molecule has 1 unspecified atom stereocenters. The molecule has 1 fully saturated rings. The Kier molecular flexibility index (Phi) is 4.70. The van der Waals surface area contributed by atoms with Crippen molar-refractivity contribution >= 4 is 11.9 Å². The average Bonchev–Trinajstić information content (AvgIpc) is 2.64. The van der Waals surface area contributed by atoms with Gasteiger partial charge in [-0.1, -0.05) is 0 Å². The van der Waals surface area contributed by atoms with Crippen LogP contribution in [0.1, 0.15) is 20.3 Å². The summed E-state index contributed by atoms with van der Waals surface area (Å²) in [6.07, 6.45) is 0.902. The second kappa shape index (κ2) is 5.81. The first-order valence-electron chi connectivity index (χ1n) is 5.63. The van der Waals surface area contributed by atoms with Crippen molar-refractivity contribution in [1.82, 2.24) is 15.5 Å². The topological polar surface area (TPSA) is 87.5 Å². The lowest BCUT2D eigenvalue weighted by atomic mass is 10.3. The third-order valence-corrected chi connectivity index (χ3v) is 2.76. The smallest absolute Gasteiger partial charge is 0.321 e. The van der Waals surface area contributed by atoms with E-state index in [0.29, 0.717) is 13.1 Å². The Morgan fingerprint density at radius 3 is 2.75 bits per heavy atom. The summed E-state index contributed by atoms with van der Waals surface area (Å²) in [6, 6.07) is -0.612. The maximum Gasteiger partial charge on any atom is 0.321 e. The number of amides is 3. The van der Waals surface area contributed by atoms with Gasteiger partial charge in [-0.25, -0.2) is 4.79 Å². The summed E-state index contributed by atoms with van der Waals surface area (Å²) in [6.45, 7) is 5.61. The lowest BCUT2D eigenvalue weighted by Crippen LogP contribution is -2.49. The van der Waals surface area contributed by atoms with Gasteiger partial charge in [0.2, 0.25) is 5.91 Å². The first-order valence-corrected chi connectivity index (χ1v) is 5.63. The van der Waals surface area contributed by atoms with Gasteiger partial charge in [0.25, 0.3) is 0 Å². The number of imide groups is 1. The van der Waals surface area contributed by atoms with Gasteiger partial charge in [-0.05, 0) is 20.3 Å². The van der Waals surface area contributed by atoms with Crippen LogP contribution >= 0.6 is 0 Å². The van der Waals surface area contributed by atoms with Crippen LogP contribution in [0.3, 0.4) is 0 Å². The Morgan fingerprint density at radius 2 is 2.25 bits per heavy atom. The van der Waals surface area contributed by atoms with Gasteiger partial charge in [0, 0.05) is 25.7 Å². The van der Waals surface area contributed by atoms with Gasteiger partial charge >= 0.3 is 6.03 Å². The molecule has 0 bridgehead atoms. The zero-order chi connectivity index (χ0) is 12.1. The summed E-state index contributed by atoms with van der Waals surface area (Å²) in [4.78, 5) is 24.8. The molecule has 1 rings (SSSR count). The molecule has 0 aromatic heterocycles. The van der Waals surface area contributed by atoms with Crippen LogP contribution in [0.5, 0.6) is 0 Å². The Morgan fingerprint density at radius 1 is 1.56 bits per heavy atom. The fourth-order valence-electron chi connectivity index (χ4n) is 1.75. The van der Waals surface area contributed by atoms with Crippen LogP contribution < -0.4 is 16.4 Å². The van der Waals surface area contributed by atoms with E-state index >= 15 is 0 Å². The maximum absolute atomic E-state index is 11.7. The number of nitrogens with one attached hydrogen (secondary N) is 2. The molecule has 0 aliphatic carbocycles. The zero-order valence-corrected chi connectivity index (χ0v) is 9.82. The van der Waals surface area contributed by atoms with E-state index in [1.54, 1.807) is 13.8 Å². The molecule has 0 saturated carbocycles. The van der Waals surface area contributed by atoms with E-state index in [2.05, 4.69) is 10.6 Å². The maximum atomic E-state index is 11.7. The molecule has 0 aromatic rings. The zero-order valence-electron chi connectivity index (χ0n) is 9.82. The second-order valence-corrected chi connectivity index (χ2v) is 4.07. The third-order valence-electron chi connectivity index (χ3n) is 2.76. The molecule has 3 amide bonds. The average molecular weight is 228 g/mol. The molecule has 1 aliphatic heterocycles. The molecule has 92 valence electrons. The third kappa shape index (κ3) is 3.46. The summed E-state index contributed by atoms with van der Waals surface area (Å²) in [5.41, 5.74) is 5.76. The summed E-state index contributed by atoms with van der Waals surface area (Å²) in [5.74, 6) is -0.278. The molecule has 4 N–H and O–H groups in total. The van der Waals surface area contributed by atoms with Crippen LogP contribution in [0.25, 0.3) is 0 Å². The highest BCUT2D eigenvalue weighted by Gasteiger charge is 2.28. The van der Waals surface area contributed by atoms with Crippen molar-refractivity contribution < 1.29 is 9.59 Å².